The summed E-state index contributed by atoms with van der Waals surface area (Å²) in [5.74, 6) is -0.807. The predicted octanol–water partition coefficient (Wildman–Crippen LogP) is 3.87. The predicted molar refractivity (Wildman–Crippen MR) is 97.7 cm³/mol. The molecule has 0 unspecified atom stereocenters. The Morgan fingerprint density at radius 3 is 1.96 bits per heavy atom. The van der Waals surface area contributed by atoms with E-state index in [-0.39, 0.29) is 11.2 Å². The van der Waals surface area contributed by atoms with E-state index < -0.39 is 11.9 Å². The highest BCUT2D eigenvalue weighted by Crippen LogP contribution is 2.33. The lowest BCUT2D eigenvalue weighted by molar-refractivity contribution is -0.133. The maximum Gasteiger partial charge on any atom is 0.336 e. The quantitative estimate of drug-likeness (QED) is 0.370. The number of hydrogen-bond donors (Lipinski definition) is 1. The van der Waals surface area contributed by atoms with Gasteiger partial charge in [0.2, 0.25) is 0 Å². The standard InChI is InChI=1S/C21H20O5/c1-4-25-19(23)13-14-20(24)26-18-11-7-16(8-12-18)21(2,3)15-5-9-17(22)10-6-15/h4-14,22H,1H2,2-3H3. The second-order valence-corrected chi connectivity index (χ2v) is 6.05. The Morgan fingerprint density at radius 2 is 1.42 bits per heavy atom. The molecule has 5 nitrogen and oxygen atoms in total. The van der Waals surface area contributed by atoms with Gasteiger partial charge < -0.3 is 14.6 Å². The van der Waals surface area contributed by atoms with Crippen LogP contribution in [0.25, 0.3) is 0 Å². The summed E-state index contributed by atoms with van der Waals surface area (Å²) in [5.41, 5.74) is 1.78. The highest BCUT2D eigenvalue weighted by Gasteiger charge is 2.23. The lowest BCUT2D eigenvalue weighted by Crippen LogP contribution is -2.18. The molecule has 0 atom stereocenters. The Morgan fingerprint density at radius 1 is 0.923 bits per heavy atom. The molecule has 0 bridgehead atoms. The van der Waals surface area contributed by atoms with Crippen LogP contribution in [0.1, 0.15) is 25.0 Å². The van der Waals surface area contributed by atoms with Crippen molar-refractivity contribution in [2.75, 3.05) is 0 Å². The molecule has 0 heterocycles. The molecule has 2 aromatic rings. The second-order valence-electron chi connectivity index (χ2n) is 6.05. The topological polar surface area (TPSA) is 72.8 Å². The minimum Gasteiger partial charge on any atom is -0.508 e. The average molecular weight is 352 g/mol. The zero-order valence-corrected chi connectivity index (χ0v) is 14.6. The van der Waals surface area contributed by atoms with Gasteiger partial charge >= 0.3 is 11.9 Å². The van der Waals surface area contributed by atoms with Crippen LogP contribution in [0.4, 0.5) is 0 Å². The molecule has 0 aromatic heterocycles. The van der Waals surface area contributed by atoms with E-state index in [9.17, 15) is 14.7 Å². The summed E-state index contributed by atoms with van der Waals surface area (Å²) in [6, 6.07) is 14.1. The number of aromatic hydroxyl groups is 1. The highest BCUT2D eigenvalue weighted by atomic mass is 16.5. The molecule has 0 amide bonds. The Hall–Kier alpha value is -3.34. The smallest absolute Gasteiger partial charge is 0.336 e. The van der Waals surface area contributed by atoms with Gasteiger partial charge in [-0.25, -0.2) is 9.59 Å². The largest absolute Gasteiger partial charge is 0.508 e. The summed E-state index contributed by atoms with van der Waals surface area (Å²) in [6.45, 7) is 7.37. The van der Waals surface area contributed by atoms with E-state index in [2.05, 4.69) is 25.2 Å². The van der Waals surface area contributed by atoms with E-state index in [0.29, 0.717) is 5.75 Å². The summed E-state index contributed by atoms with van der Waals surface area (Å²) >= 11 is 0. The molecular formula is C21H20O5. The molecule has 0 aliphatic heterocycles. The van der Waals surface area contributed by atoms with Crippen LogP contribution in [0.2, 0.25) is 0 Å². The van der Waals surface area contributed by atoms with Crippen LogP contribution in [0, 0.1) is 0 Å². The first-order chi connectivity index (χ1) is 12.3. The van der Waals surface area contributed by atoms with Crippen LogP contribution >= 0.6 is 0 Å². The minimum absolute atomic E-state index is 0.219. The number of ether oxygens (including phenoxy) is 2. The third-order valence-corrected chi connectivity index (χ3v) is 3.94. The number of hydrogen-bond acceptors (Lipinski definition) is 5. The van der Waals surface area contributed by atoms with E-state index in [1.807, 2.05) is 24.3 Å². The minimum atomic E-state index is -0.706. The Labute approximate surface area is 152 Å². The number of esters is 2. The molecule has 0 radical (unpaired) electrons. The molecule has 0 saturated carbocycles. The van der Waals surface area contributed by atoms with Crippen molar-refractivity contribution in [2.45, 2.75) is 19.3 Å². The average Bonchev–Trinajstić information content (AvgIpc) is 2.61. The highest BCUT2D eigenvalue weighted by molar-refractivity contribution is 5.92. The summed E-state index contributed by atoms with van der Waals surface area (Å²) in [6.07, 6.45) is 2.93. The van der Waals surface area contributed by atoms with Crippen LogP contribution < -0.4 is 4.74 Å². The maximum atomic E-state index is 11.7. The van der Waals surface area contributed by atoms with Gasteiger partial charge in [0.05, 0.1) is 6.26 Å². The monoisotopic (exact) mass is 352 g/mol. The van der Waals surface area contributed by atoms with Gasteiger partial charge in [-0.15, -0.1) is 0 Å². The van der Waals surface area contributed by atoms with Gasteiger partial charge in [-0.05, 0) is 35.4 Å². The van der Waals surface area contributed by atoms with Gasteiger partial charge in [0.1, 0.15) is 11.5 Å². The van der Waals surface area contributed by atoms with Crippen molar-refractivity contribution in [3.8, 4) is 11.5 Å². The van der Waals surface area contributed by atoms with E-state index in [4.69, 9.17) is 4.74 Å². The maximum absolute atomic E-state index is 11.7. The van der Waals surface area contributed by atoms with E-state index >= 15 is 0 Å². The van der Waals surface area contributed by atoms with Gasteiger partial charge in [-0.2, -0.15) is 0 Å². The number of carbonyl (C=O) groups excluding carboxylic acids is 2. The van der Waals surface area contributed by atoms with E-state index in [0.717, 1.165) is 29.5 Å². The SMILES string of the molecule is C=COC(=O)C=CC(=O)Oc1ccc(C(C)(C)c2ccc(O)cc2)cc1. The summed E-state index contributed by atoms with van der Waals surface area (Å²) in [5, 5.41) is 9.43. The molecule has 0 aliphatic rings. The van der Waals surface area contributed by atoms with Crippen LogP contribution in [0.5, 0.6) is 11.5 Å². The lowest BCUT2D eigenvalue weighted by atomic mass is 9.78. The molecule has 0 spiro atoms. The third-order valence-electron chi connectivity index (χ3n) is 3.94. The number of phenolic OH excluding ortho intramolecular Hbond substituents is 1. The second kappa shape index (κ2) is 8.16. The van der Waals surface area contributed by atoms with Crippen molar-refractivity contribution in [3.63, 3.8) is 0 Å². The first-order valence-corrected chi connectivity index (χ1v) is 7.94. The van der Waals surface area contributed by atoms with Crippen molar-refractivity contribution in [3.05, 3.63) is 84.7 Å². The summed E-state index contributed by atoms with van der Waals surface area (Å²) < 4.78 is 9.60. The van der Waals surface area contributed by atoms with Crippen LogP contribution in [-0.2, 0) is 19.7 Å². The molecule has 0 saturated heterocycles. The molecule has 1 N–H and O–H groups in total. The van der Waals surface area contributed by atoms with Gasteiger partial charge in [-0.1, -0.05) is 44.7 Å². The third kappa shape index (κ3) is 4.83. The normalized spacial score (nSPS) is 11.2. The Balaban J connectivity index is 2.07. The number of carbonyl (C=O) groups is 2. The van der Waals surface area contributed by atoms with E-state index in [1.54, 1.807) is 24.3 Å². The molecule has 2 rings (SSSR count). The zero-order chi connectivity index (χ0) is 19.2. The summed E-state index contributed by atoms with van der Waals surface area (Å²) in [4.78, 5) is 22.8. The van der Waals surface area contributed by atoms with Crippen LogP contribution in [0.3, 0.4) is 0 Å². The fourth-order valence-corrected chi connectivity index (χ4v) is 2.39. The number of benzene rings is 2. The van der Waals surface area contributed by atoms with Gasteiger partial charge in [0.25, 0.3) is 0 Å². The van der Waals surface area contributed by atoms with Crippen LogP contribution in [0.15, 0.2) is 73.5 Å². The van der Waals surface area contributed by atoms with E-state index in [1.165, 1.54) is 0 Å². The molecular weight excluding hydrogens is 332 g/mol. The fraction of sp³-hybridized carbons (Fsp3) is 0.143. The molecule has 5 heteroatoms. The Bertz CT molecular complexity index is 814. The van der Waals surface area contributed by atoms with Crippen LogP contribution in [-0.4, -0.2) is 17.0 Å². The molecule has 134 valence electrons. The van der Waals surface area contributed by atoms with Crippen molar-refractivity contribution in [2.24, 2.45) is 0 Å². The van der Waals surface area contributed by atoms with Crippen molar-refractivity contribution in [1.29, 1.82) is 0 Å². The lowest BCUT2D eigenvalue weighted by Gasteiger charge is -2.26. The molecule has 2 aromatic carbocycles. The van der Waals surface area contributed by atoms with Crippen molar-refractivity contribution < 1.29 is 24.2 Å². The van der Waals surface area contributed by atoms with Gasteiger partial charge in [0.15, 0.2) is 0 Å². The Kier molecular flexibility index (Phi) is 5.96. The first kappa shape index (κ1) is 19.0. The number of rotatable bonds is 6. The fourth-order valence-electron chi connectivity index (χ4n) is 2.39. The van der Waals surface area contributed by atoms with Gasteiger partial charge in [0, 0.05) is 17.6 Å². The number of phenols is 1. The first-order valence-electron chi connectivity index (χ1n) is 7.94. The molecule has 0 fully saturated rings. The van der Waals surface area contributed by atoms with Gasteiger partial charge in [-0.3, -0.25) is 0 Å². The molecule has 0 aliphatic carbocycles. The van der Waals surface area contributed by atoms with Crippen molar-refractivity contribution in [1.82, 2.24) is 0 Å². The summed E-state index contributed by atoms with van der Waals surface area (Å²) in [7, 11) is 0. The zero-order valence-electron chi connectivity index (χ0n) is 14.6. The van der Waals surface area contributed by atoms with Crippen molar-refractivity contribution >= 4 is 11.9 Å². The molecule has 26 heavy (non-hydrogen) atoms.